The molecule has 4 heteroatoms. The van der Waals surface area contributed by atoms with Gasteiger partial charge in [-0.1, -0.05) is 33.6 Å². The summed E-state index contributed by atoms with van der Waals surface area (Å²) in [6, 6.07) is 0. The van der Waals surface area contributed by atoms with E-state index < -0.39 is 0 Å². The van der Waals surface area contributed by atoms with E-state index in [9.17, 15) is 4.79 Å². The van der Waals surface area contributed by atoms with Gasteiger partial charge in [0.15, 0.2) is 0 Å². The number of rotatable bonds is 9. The zero-order valence-electron chi connectivity index (χ0n) is 11.9. The minimum absolute atomic E-state index is 0.201. The van der Waals surface area contributed by atoms with E-state index in [1.807, 2.05) is 4.68 Å². The van der Waals surface area contributed by atoms with Crippen LogP contribution >= 0.6 is 0 Å². The van der Waals surface area contributed by atoms with E-state index in [1.165, 1.54) is 0 Å². The van der Waals surface area contributed by atoms with Gasteiger partial charge in [-0.25, -0.2) is 9.67 Å². The van der Waals surface area contributed by atoms with Gasteiger partial charge in [0.05, 0.1) is 6.42 Å². The molecule has 0 spiro atoms. The summed E-state index contributed by atoms with van der Waals surface area (Å²) in [6.07, 6.45) is 7.12. The predicted molar refractivity (Wildman–Crippen MR) is 72.3 cm³/mol. The van der Waals surface area contributed by atoms with Crippen molar-refractivity contribution in [3.8, 4) is 0 Å². The Labute approximate surface area is 110 Å². The number of aromatic nitrogens is 3. The Hall–Kier alpha value is -1.19. The number of carbonyl (C=O) groups is 1. The fourth-order valence-corrected chi connectivity index (χ4v) is 2.29. The summed E-state index contributed by atoms with van der Waals surface area (Å²) in [4.78, 5) is 16.5. The first-order valence-corrected chi connectivity index (χ1v) is 7.12. The van der Waals surface area contributed by atoms with Crippen molar-refractivity contribution in [1.29, 1.82) is 0 Å². The average Bonchev–Trinajstić information content (AvgIpc) is 2.77. The third-order valence-corrected chi connectivity index (χ3v) is 3.19. The second-order valence-electron chi connectivity index (χ2n) is 4.82. The van der Waals surface area contributed by atoms with E-state index >= 15 is 0 Å². The minimum Gasteiger partial charge on any atom is -0.299 e. The Morgan fingerprint density at radius 2 is 1.89 bits per heavy atom. The standard InChI is InChI=1S/C14H25N3O/c1-4-7-12(8-5-2)13(18)10-14-15-11-16-17(14)9-6-3/h11-12H,4-10H2,1-3H3. The molecule has 0 radical (unpaired) electrons. The topological polar surface area (TPSA) is 47.8 Å². The van der Waals surface area contributed by atoms with Crippen LogP contribution in [0.15, 0.2) is 6.33 Å². The molecule has 0 N–H and O–H groups in total. The first kappa shape index (κ1) is 14.9. The maximum absolute atomic E-state index is 12.3. The van der Waals surface area contributed by atoms with Crippen LogP contribution in [0.3, 0.4) is 0 Å². The van der Waals surface area contributed by atoms with Crippen LogP contribution in [0, 0.1) is 5.92 Å². The largest absolute Gasteiger partial charge is 0.299 e. The highest BCUT2D eigenvalue weighted by Gasteiger charge is 2.19. The van der Waals surface area contributed by atoms with Crippen molar-refractivity contribution in [1.82, 2.24) is 14.8 Å². The quantitative estimate of drug-likeness (QED) is 0.678. The lowest BCUT2D eigenvalue weighted by Gasteiger charge is -2.13. The van der Waals surface area contributed by atoms with Crippen LogP contribution in [-0.2, 0) is 17.8 Å². The van der Waals surface area contributed by atoms with Gasteiger partial charge >= 0.3 is 0 Å². The van der Waals surface area contributed by atoms with Crippen LogP contribution < -0.4 is 0 Å². The van der Waals surface area contributed by atoms with Crippen LogP contribution in [0.1, 0.15) is 58.7 Å². The van der Waals surface area contributed by atoms with Gasteiger partial charge in [-0.05, 0) is 19.3 Å². The first-order chi connectivity index (χ1) is 8.72. The lowest BCUT2D eigenvalue weighted by molar-refractivity contribution is -0.122. The molecule has 0 bridgehead atoms. The summed E-state index contributed by atoms with van der Waals surface area (Å²) >= 11 is 0. The molecule has 0 aliphatic heterocycles. The van der Waals surface area contributed by atoms with Gasteiger partial charge in [-0.2, -0.15) is 5.10 Å². The molecular formula is C14H25N3O. The highest BCUT2D eigenvalue weighted by molar-refractivity contribution is 5.82. The fourth-order valence-electron chi connectivity index (χ4n) is 2.29. The summed E-state index contributed by atoms with van der Waals surface area (Å²) in [5.74, 6) is 1.34. The molecule has 1 rings (SSSR count). The van der Waals surface area contributed by atoms with Crippen LogP contribution in [0.4, 0.5) is 0 Å². The fraction of sp³-hybridized carbons (Fsp3) is 0.786. The molecule has 102 valence electrons. The summed E-state index contributed by atoms with van der Waals surface area (Å²) in [6.45, 7) is 7.21. The third kappa shape index (κ3) is 4.24. The SMILES string of the molecule is CCCC(CCC)C(=O)Cc1ncnn1CCC. The van der Waals surface area contributed by atoms with Crippen LogP contribution in [0.25, 0.3) is 0 Å². The van der Waals surface area contributed by atoms with Crippen molar-refractivity contribution < 1.29 is 4.79 Å². The normalized spacial score (nSPS) is 11.1. The van der Waals surface area contributed by atoms with E-state index in [-0.39, 0.29) is 5.92 Å². The third-order valence-electron chi connectivity index (χ3n) is 3.19. The molecule has 0 amide bonds. The van der Waals surface area contributed by atoms with Gasteiger partial charge in [-0.3, -0.25) is 4.79 Å². The minimum atomic E-state index is 0.201. The molecule has 0 unspecified atom stereocenters. The second kappa shape index (κ2) is 8.01. The Kier molecular flexibility index (Phi) is 6.61. The van der Waals surface area contributed by atoms with E-state index in [1.54, 1.807) is 6.33 Å². The molecule has 0 saturated heterocycles. The molecule has 18 heavy (non-hydrogen) atoms. The maximum atomic E-state index is 12.3. The zero-order valence-corrected chi connectivity index (χ0v) is 11.9. The molecule has 0 atom stereocenters. The number of nitrogens with zero attached hydrogens (tertiary/aromatic N) is 3. The molecular weight excluding hydrogens is 226 g/mol. The van der Waals surface area contributed by atoms with Gasteiger partial charge in [-0.15, -0.1) is 0 Å². The number of hydrogen-bond acceptors (Lipinski definition) is 3. The van der Waals surface area contributed by atoms with E-state index in [0.29, 0.717) is 12.2 Å². The average molecular weight is 251 g/mol. The number of Topliss-reactive ketones (excluding diaryl/α,β-unsaturated/α-hetero) is 1. The van der Waals surface area contributed by atoms with E-state index in [2.05, 4.69) is 30.9 Å². The van der Waals surface area contributed by atoms with Gasteiger partial charge in [0.25, 0.3) is 0 Å². The van der Waals surface area contributed by atoms with Crippen molar-refractivity contribution >= 4 is 5.78 Å². The second-order valence-corrected chi connectivity index (χ2v) is 4.82. The van der Waals surface area contributed by atoms with Crippen LogP contribution in [-0.4, -0.2) is 20.5 Å². The Morgan fingerprint density at radius 1 is 1.22 bits per heavy atom. The number of ketones is 1. The number of hydrogen-bond donors (Lipinski definition) is 0. The molecule has 0 aromatic carbocycles. The Bertz CT molecular complexity index is 354. The Balaban J connectivity index is 2.63. The van der Waals surface area contributed by atoms with Gasteiger partial charge < -0.3 is 0 Å². The molecule has 1 aromatic rings. The predicted octanol–water partition coefficient (Wildman–Crippen LogP) is 3.02. The van der Waals surface area contributed by atoms with E-state index in [4.69, 9.17) is 0 Å². The lowest BCUT2D eigenvalue weighted by Crippen LogP contribution is -2.19. The van der Waals surface area contributed by atoms with Crippen LogP contribution in [0.2, 0.25) is 0 Å². The van der Waals surface area contributed by atoms with Gasteiger partial charge in [0.2, 0.25) is 0 Å². The maximum Gasteiger partial charge on any atom is 0.143 e. The molecule has 0 fully saturated rings. The van der Waals surface area contributed by atoms with Crippen molar-refractivity contribution in [3.63, 3.8) is 0 Å². The van der Waals surface area contributed by atoms with E-state index in [0.717, 1.165) is 44.5 Å². The van der Waals surface area contributed by atoms with Crippen LogP contribution in [0.5, 0.6) is 0 Å². The van der Waals surface area contributed by atoms with Gasteiger partial charge in [0, 0.05) is 12.5 Å². The molecule has 0 aliphatic rings. The first-order valence-electron chi connectivity index (χ1n) is 7.12. The summed E-state index contributed by atoms with van der Waals surface area (Å²) in [7, 11) is 0. The highest BCUT2D eigenvalue weighted by atomic mass is 16.1. The van der Waals surface area contributed by atoms with Crippen molar-refractivity contribution in [2.24, 2.45) is 5.92 Å². The number of carbonyl (C=O) groups excluding carboxylic acids is 1. The highest BCUT2D eigenvalue weighted by Crippen LogP contribution is 2.16. The molecule has 1 aromatic heterocycles. The molecule has 1 heterocycles. The summed E-state index contributed by atoms with van der Waals surface area (Å²) in [5, 5.41) is 4.16. The van der Waals surface area contributed by atoms with Crippen molar-refractivity contribution in [2.45, 2.75) is 65.8 Å². The molecule has 0 saturated carbocycles. The number of aryl methyl sites for hydroxylation is 1. The monoisotopic (exact) mass is 251 g/mol. The lowest BCUT2D eigenvalue weighted by atomic mass is 9.92. The zero-order chi connectivity index (χ0) is 13.4. The summed E-state index contributed by atoms with van der Waals surface area (Å²) < 4.78 is 1.85. The Morgan fingerprint density at radius 3 is 2.44 bits per heavy atom. The van der Waals surface area contributed by atoms with Gasteiger partial charge in [0.1, 0.15) is 17.9 Å². The molecule has 0 aliphatic carbocycles. The molecule has 4 nitrogen and oxygen atoms in total. The van der Waals surface area contributed by atoms with Crippen molar-refractivity contribution in [3.05, 3.63) is 12.2 Å². The summed E-state index contributed by atoms with van der Waals surface area (Å²) in [5.41, 5.74) is 0. The smallest absolute Gasteiger partial charge is 0.143 e. The van der Waals surface area contributed by atoms with Crippen molar-refractivity contribution in [2.75, 3.05) is 0 Å².